The molecule has 0 saturated heterocycles. The van der Waals surface area contributed by atoms with Gasteiger partial charge in [0.1, 0.15) is 5.82 Å². The van der Waals surface area contributed by atoms with Gasteiger partial charge in [0, 0.05) is 12.1 Å². The molecular formula is C12H11FN2O5. The van der Waals surface area contributed by atoms with Gasteiger partial charge in [-0.2, -0.15) is 0 Å². The van der Waals surface area contributed by atoms with Crippen molar-refractivity contribution in [2.45, 2.75) is 12.8 Å². The van der Waals surface area contributed by atoms with Gasteiger partial charge in [-0.15, -0.1) is 0 Å². The molecule has 0 heterocycles. The van der Waals surface area contributed by atoms with Crippen molar-refractivity contribution in [2.75, 3.05) is 11.9 Å². The van der Waals surface area contributed by atoms with E-state index in [1.54, 1.807) is 0 Å². The van der Waals surface area contributed by atoms with Crippen molar-refractivity contribution < 1.29 is 23.6 Å². The first-order chi connectivity index (χ1) is 9.47. The number of carbonyl (C=O) groups is 2. The molecule has 1 aromatic carbocycles. The minimum Gasteiger partial charge on any atom is -0.455 e. The highest BCUT2D eigenvalue weighted by atomic mass is 19.1. The highest BCUT2D eigenvalue weighted by Crippen LogP contribution is 2.30. The van der Waals surface area contributed by atoms with Crippen molar-refractivity contribution in [3.63, 3.8) is 0 Å². The van der Waals surface area contributed by atoms with E-state index in [0.717, 1.165) is 31.0 Å². The third-order valence-electron chi connectivity index (χ3n) is 2.69. The quantitative estimate of drug-likeness (QED) is 0.502. The number of nitrogens with zero attached hydrogens (tertiary/aromatic N) is 1. The highest BCUT2D eigenvalue weighted by molar-refractivity contribution is 5.93. The maximum Gasteiger partial charge on any atom is 0.309 e. The van der Waals surface area contributed by atoms with Gasteiger partial charge in [0.25, 0.3) is 11.6 Å². The lowest BCUT2D eigenvalue weighted by Gasteiger charge is -2.07. The second-order valence-corrected chi connectivity index (χ2v) is 4.35. The first-order valence-electron chi connectivity index (χ1n) is 5.88. The lowest BCUT2D eigenvalue weighted by molar-refractivity contribution is -0.384. The van der Waals surface area contributed by atoms with E-state index in [4.69, 9.17) is 4.74 Å². The number of rotatable bonds is 5. The van der Waals surface area contributed by atoms with Crippen LogP contribution in [0.4, 0.5) is 15.8 Å². The van der Waals surface area contributed by atoms with Crippen LogP contribution in [-0.4, -0.2) is 23.4 Å². The van der Waals surface area contributed by atoms with Crippen LogP contribution < -0.4 is 5.32 Å². The zero-order valence-electron chi connectivity index (χ0n) is 10.3. The molecule has 2 rings (SSSR count). The van der Waals surface area contributed by atoms with Crippen molar-refractivity contribution in [1.29, 1.82) is 0 Å². The number of amides is 1. The Morgan fingerprint density at radius 3 is 2.75 bits per heavy atom. The average molecular weight is 282 g/mol. The molecule has 0 aliphatic heterocycles. The summed E-state index contributed by atoms with van der Waals surface area (Å²) in [5.74, 6) is -2.16. The highest BCUT2D eigenvalue weighted by Gasteiger charge is 2.31. The van der Waals surface area contributed by atoms with Gasteiger partial charge in [-0.05, 0) is 18.9 Å². The third-order valence-corrected chi connectivity index (χ3v) is 2.69. The Hall–Kier alpha value is -2.51. The number of anilines is 1. The van der Waals surface area contributed by atoms with E-state index in [1.807, 2.05) is 0 Å². The predicted octanol–water partition coefficient (Wildman–Crippen LogP) is 1.63. The van der Waals surface area contributed by atoms with E-state index in [0.29, 0.717) is 0 Å². The average Bonchev–Trinajstić information content (AvgIpc) is 3.22. The first-order valence-corrected chi connectivity index (χ1v) is 5.88. The Morgan fingerprint density at radius 1 is 1.45 bits per heavy atom. The Balaban J connectivity index is 1.94. The van der Waals surface area contributed by atoms with Crippen LogP contribution in [0.2, 0.25) is 0 Å². The largest absolute Gasteiger partial charge is 0.455 e. The molecule has 0 bridgehead atoms. The Morgan fingerprint density at radius 2 is 2.15 bits per heavy atom. The van der Waals surface area contributed by atoms with Crippen LogP contribution in [0.5, 0.6) is 0 Å². The number of nitro benzene ring substituents is 1. The maximum atomic E-state index is 13.4. The fourth-order valence-electron chi connectivity index (χ4n) is 1.48. The number of nitro groups is 1. The molecule has 7 nitrogen and oxygen atoms in total. The summed E-state index contributed by atoms with van der Waals surface area (Å²) in [4.78, 5) is 32.5. The fraction of sp³-hybridized carbons (Fsp3) is 0.333. The molecule has 1 aliphatic carbocycles. The van der Waals surface area contributed by atoms with Crippen molar-refractivity contribution in [3.05, 3.63) is 34.1 Å². The fourth-order valence-corrected chi connectivity index (χ4v) is 1.48. The van der Waals surface area contributed by atoms with Gasteiger partial charge in [-0.25, -0.2) is 4.39 Å². The van der Waals surface area contributed by atoms with E-state index in [-0.39, 0.29) is 17.3 Å². The van der Waals surface area contributed by atoms with Crippen LogP contribution in [0.15, 0.2) is 18.2 Å². The van der Waals surface area contributed by atoms with Gasteiger partial charge < -0.3 is 10.1 Å². The molecule has 20 heavy (non-hydrogen) atoms. The van der Waals surface area contributed by atoms with Crippen LogP contribution in [0.1, 0.15) is 12.8 Å². The number of carbonyl (C=O) groups excluding carboxylic acids is 2. The molecule has 0 atom stereocenters. The molecule has 106 valence electrons. The Kier molecular flexibility index (Phi) is 3.92. The van der Waals surface area contributed by atoms with Gasteiger partial charge in [0.05, 0.1) is 16.5 Å². The predicted molar refractivity (Wildman–Crippen MR) is 65.4 cm³/mol. The van der Waals surface area contributed by atoms with Gasteiger partial charge in [-0.3, -0.25) is 19.7 Å². The van der Waals surface area contributed by atoms with Gasteiger partial charge in [-0.1, -0.05) is 0 Å². The van der Waals surface area contributed by atoms with E-state index in [9.17, 15) is 24.1 Å². The molecule has 1 saturated carbocycles. The molecule has 8 heteroatoms. The summed E-state index contributed by atoms with van der Waals surface area (Å²) in [5.41, 5.74) is -0.677. The number of nitrogens with one attached hydrogen (secondary N) is 1. The molecule has 1 amide bonds. The number of hydrogen-bond donors (Lipinski definition) is 1. The molecule has 1 N–H and O–H groups in total. The topological polar surface area (TPSA) is 98.5 Å². The van der Waals surface area contributed by atoms with E-state index >= 15 is 0 Å². The lowest BCUT2D eigenvalue weighted by Crippen LogP contribution is -2.22. The number of halogens is 1. The molecule has 1 aliphatic rings. The molecule has 1 aromatic rings. The van der Waals surface area contributed by atoms with E-state index in [1.165, 1.54) is 0 Å². The minimum atomic E-state index is -0.808. The monoisotopic (exact) mass is 282 g/mol. The van der Waals surface area contributed by atoms with Crippen LogP contribution >= 0.6 is 0 Å². The standard InChI is InChI=1S/C12H11FN2O5/c13-9-4-3-8(15(18)19)5-10(9)14-11(16)6-20-12(17)7-1-2-7/h3-5,7H,1-2,6H2,(H,14,16). The maximum absolute atomic E-state index is 13.4. The Bertz CT molecular complexity index is 571. The van der Waals surface area contributed by atoms with Gasteiger partial charge in [0.2, 0.25) is 0 Å². The molecule has 0 aromatic heterocycles. The summed E-state index contributed by atoms with van der Waals surface area (Å²) < 4.78 is 18.1. The number of hydrogen-bond acceptors (Lipinski definition) is 5. The number of non-ortho nitro benzene ring substituents is 1. The van der Waals surface area contributed by atoms with Crippen molar-refractivity contribution >= 4 is 23.3 Å². The SMILES string of the molecule is O=C(COC(=O)C1CC1)Nc1cc([N+](=O)[O-])ccc1F. The van der Waals surface area contributed by atoms with Crippen LogP contribution in [0.25, 0.3) is 0 Å². The van der Waals surface area contributed by atoms with E-state index < -0.39 is 29.2 Å². The second-order valence-electron chi connectivity index (χ2n) is 4.35. The van der Waals surface area contributed by atoms with Crippen LogP contribution in [0, 0.1) is 21.8 Å². The Labute approximate surface area is 112 Å². The summed E-state index contributed by atoms with van der Waals surface area (Å²) in [5, 5.41) is 12.7. The van der Waals surface area contributed by atoms with Crippen LogP contribution in [-0.2, 0) is 14.3 Å². The smallest absolute Gasteiger partial charge is 0.309 e. The minimum absolute atomic E-state index is 0.141. The molecule has 0 unspecified atom stereocenters. The zero-order valence-corrected chi connectivity index (χ0v) is 10.3. The zero-order chi connectivity index (χ0) is 14.7. The number of esters is 1. The van der Waals surface area contributed by atoms with Gasteiger partial charge >= 0.3 is 5.97 Å². The second kappa shape index (κ2) is 5.64. The first kappa shape index (κ1) is 13.9. The molecule has 0 spiro atoms. The summed E-state index contributed by atoms with van der Waals surface area (Å²) in [6.07, 6.45) is 1.50. The number of ether oxygens (including phenoxy) is 1. The summed E-state index contributed by atoms with van der Waals surface area (Å²) in [7, 11) is 0. The molecule has 0 radical (unpaired) electrons. The molecule has 1 fully saturated rings. The van der Waals surface area contributed by atoms with Crippen molar-refractivity contribution in [2.24, 2.45) is 5.92 Å². The van der Waals surface area contributed by atoms with Crippen LogP contribution in [0.3, 0.4) is 0 Å². The summed E-state index contributed by atoms with van der Waals surface area (Å²) in [6, 6.07) is 2.76. The normalized spacial score (nSPS) is 13.7. The molecular weight excluding hydrogens is 271 g/mol. The summed E-state index contributed by atoms with van der Waals surface area (Å²) in [6.45, 7) is -0.544. The summed E-state index contributed by atoms with van der Waals surface area (Å²) >= 11 is 0. The van der Waals surface area contributed by atoms with Gasteiger partial charge in [0.15, 0.2) is 6.61 Å². The van der Waals surface area contributed by atoms with Crippen molar-refractivity contribution in [1.82, 2.24) is 0 Å². The lowest BCUT2D eigenvalue weighted by atomic mass is 10.2. The van der Waals surface area contributed by atoms with E-state index in [2.05, 4.69) is 5.32 Å². The number of benzene rings is 1. The van der Waals surface area contributed by atoms with Crippen molar-refractivity contribution in [3.8, 4) is 0 Å². The third kappa shape index (κ3) is 3.50.